The van der Waals surface area contributed by atoms with E-state index in [4.69, 9.17) is 4.74 Å². The summed E-state index contributed by atoms with van der Waals surface area (Å²) in [4.78, 5) is 9.61. The molecule has 0 bridgehead atoms. The van der Waals surface area contributed by atoms with Gasteiger partial charge in [-0.15, -0.1) is 11.3 Å². The molecule has 0 unspecified atom stereocenters. The van der Waals surface area contributed by atoms with Gasteiger partial charge in [0.1, 0.15) is 17.0 Å². The van der Waals surface area contributed by atoms with Crippen molar-refractivity contribution >= 4 is 27.4 Å². The lowest BCUT2D eigenvalue weighted by molar-refractivity contribution is 0.0699. The van der Waals surface area contributed by atoms with E-state index in [1.54, 1.807) is 17.7 Å². The number of hydrogen-bond donors (Lipinski definition) is 1. The zero-order chi connectivity index (χ0) is 11.5. The third kappa shape index (κ3) is 2.40. The Balaban J connectivity index is 1.69. The minimum Gasteiger partial charge on any atom is -0.381 e. The van der Waals surface area contributed by atoms with E-state index in [2.05, 4.69) is 26.7 Å². The second kappa shape index (κ2) is 4.98. The lowest BCUT2D eigenvalue weighted by atomic mass is 10.0. The van der Waals surface area contributed by atoms with E-state index in [0.29, 0.717) is 5.92 Å². The smallest absolute Gasteiger partial charge is 0.138 e. The molecule has 3 heterocycles. The van der Waals surface area contributed by atoms with Gasteiger partial charge in [0, 0.05) is 19.8 Å². The van der Waals surface area contributed by atoms with E-state index < -0.39 is 0 Å². The van der Waals surface area contributed by atoms with Crippen LogP contribution in [-0.2, 0) is 4.74 Å². The maximum atomic E-state index is 5.36. The van der Waals surface area contributed by atoms with Gasteiger partial charge in [-0.05, 0) is 30.2 Å². The molecular formula is C12H15N3OS. The highest BCUT2D eigenvalue weighted by Gasteiger charge is 2.14. The van der Waals surface area contributed by atoms with Crippen molar-refractivity contribution in [2.75, 3.05) is 25.1 Å². The molecule has 0 saturated carbocycles. The molecule has 0 atom stereocenters. The summed E-state index contributed by atoms with van der Waals surface area (Å²) in [5.74, 6) is 1.66. The van der Waals surface area contributed by atoms with Crippen molar-refractivity contribution < 1.29 is 4.74 Å². The minimum absolute atomic E-state index is 0.701. The van der Waals surface area contributed by atoms with Gasteiger partial charge in [-0.1, -0.05) is 0 Å². The molecule has 1 N–H and O–H groups in total. The van der Waals surface area contributed by atoms with Gasteiger partial charge in [-0.3, -0.25) is 0 Å². The first-order valence-corrected chi connectivity index (χ1v) is 6.81. The van der Waals surface area contributed by atoms with E-state index >= 15 is 0 Å². The molecule has 1 saturated heterocycles. The van der Waals surface area contributed by atoms with Gasteiger partial charge in [0.05, 0.1) is 5.39 Å². The molecule has 0 radical (unpaired) electrons. The van der Waals surface area contributed by atoms with Crippen LogP contribution in [0.1, 0.15) is 12.8 Å². The van der Waals surface area contributed by atoms with E-state index in [0.717, 1.165) is 48.6 Å². The van der Waals surface area contributed by atoms with Crippen LogP contribution in [-0.4, -0.2) is 29.7 Å². The normalized spacial score (nSPS) is 17.4. The summed E-state index contributed by atoms with van der Waals surface area (Å²) in [5, 5.41) is 6.63. The Morgan fingerprint density at radius 3 is 3.12 bits per heavy atom. The summed E-state index contributed by atoms with van der Waals surface area (Å²) in [7, 11) is 0. The predicted octanol–water partition coefficient (Wildman–Crippen LogP) is 2.53. The van der Waals surface area contributed by atoms with Crippen molar-refractivity contribution in [3.63, 3.8) is 0 Å². The molecule has 5 heteroatoms. The third-order valence-corrected chi connectivity index (χ3v) is 3.98. The fourth-order valence-corrected chi connectivity index (χ4v) is 2.86. The van der Waals surface area contributed by atoms with Gasteiger partial charge >= 0.3 is 0 Å². The molecule has 0 aliphatic carbocycles. The van der Waals surface area contributed by atoms with Crippen molar-refractivity contribution in [2.45, 2.75) is 12.8 Å². The first kappa shape index (κ1) is 10.9. The molecule has 0 aromatic carbocycles. The summed E-state index contributed by atoms with van der Waals surface area (Å²) in [6.45, 7) is 2.76. The number of rotatable bonds is 3. The Morgan fingerprint density at radius 2 is 2.24 bits per heavy atom. The van der Waals surface area contributed by atoms with Crippen LogP contribution in [0.5, 0.6) is 0 Å². The molecule has 3 rings (SSSR count). The average Bonchev–Trinajstić information content (AvgIpc) is 2.86. The molecule has 90 valence electrons. The van der Waals surface area contributed by atoms with E-state index in [1.807, 2.05) is 0 Å². The minimum atomic E-state index is 0.701. The van der Waals surface area contributed by atoms with Crippen molar-refractivity contribution in [1.29, 1.82) is 0 Å². The van der Waals surface area contributed by atoms with Crippen LogP contribution in [0.15, 0.2) is 17.8 Å². The third-order valence-electron chi connectivity index (χ3n) is 3.16. The molecule has 2 aromatic rings. The summed E-state index contributed by atoms with van der Waals surface area (Å²) < 4.78 is 5.36. The number of nitrogens with zero attached hydrogens (tertiary/aromatic N) is 2. The molecule has 17 heavy (non-hydrogen) atoms. The molecule has 1 fully saturated rings. The Kier molecular flexibility index (Phi) is 3.20. The fraction of sp³-hybridized carbons (Fsp3) is 0.500. The summed E-state index contributed by atoms with van der Waals surface area (Å²) in [6, 6.07) is 2.08. The number of thiophene rings is 1. The largest absolute Gasteiger partial charge is 0.381 e. The van der Waals surface area contributed by atoms with Crippen molar-refractivity contribution in [3.8, 4) is 0 Å². The highest BCUT2D eigenvalue weighted by atomic mass is 32.1. The first-order chi connectivity index (χ1) is 8.43. The van der Waals surface area contributed by atoms with Gasteiger partial charge in [0.2, 0.25) is 0 Å². The quantitative estimate of drug-likeness (QED) is 0.908. The van der Waals surface area contributed by atoms with Crippen LogP contribution < -0.4 is 5.32 Å². The van der Waals surface area contributed by atoms with Gasteiger partial charge in [-0.25, -0.2) is 9.97 Å². The number of aromatic nitrogens is 2. The number of anilines is 1. The van der Waals surface area contributed by atoms with Crippen molar-refractivity contribution in [2.24, 2.45) is 5.92 Å². The highest BCUT2D eigenvalue weighted by molar-refractivity contribution is 7.16. The molecule has 1 aliphatic rings. The molecular weight excluding hydrogens is 234 g/mol. The predicted molar refractivity (Wildman–Crippen MR) is 69.4 cm³/mol. The monoisotopic (exact) mass is 249 g/mol. The highest BCUT2D eigenvalue weighted by Crippen LogP contribution is 2.24. The molecule has 1 aliphatic heterocycles. The SMILES string of the molecule is c1nc(NCC2CCOCC2)c2ccsc2n1. The Hall–Kier alpha value is -1.20. The molecule has 0 amide bonds. The van der Waals surface area contributed by atoms with Crippen LogP contribution in [0.25, 0.3) is 10.2 Å². The summed E-state index contributed by atoms with van der Waals surface area (Å²) in [6.07, 6.45) is 3.92. The first-order valence-electron chi connectivity index (χ1n) is 5.93. The number of ether oxygens (including phenoxy) is 1. The fourth-order valence-electron chi connectivity index (χ4n) is 2.12. The number of fused-ring (bicyclic) bond motifs is 1. The lowest BCUT2D eigenvalue weighted by Gasteiger charge is -2.22. The van der Waals surface area contributed by atoms with E-state index in [-0.39, 0.29) is 0 Å². The number of hydrogen-bond acceptors (Lipinski definition) is 5. The second-order valence-corrected chi connectivity index (χ2v) is 5.19. The van der Waals surface area contributed by atoms with Gasteiger partial charge in [-0.2, -0.15) is 0 Å². The maximum Gasteiger partial charge on any atom is 0.138 e. The Labute approximate surface area is 104 Å². The van der Waals surface area contributed by atoms with E-state index in [9.17, 15) is 0 Å². The zero-order valence-corrected chi connectivity index (χ0v) is 10.4. The van der Waals surface area contributed by atoms with Crippen LogP contribution in [0, 0.1) is 5.92 Å². The van der Waals surface area contributed by atoms with Crippen LogP contribution in [0.3, 0.4) is 0 Å². The van der Waals surface area contributed by atoms with Gasteiger partial charge < -0.3 is 10.1 Å². The molecule has 4 nitrogen and oxygen atoms in total. The van der Waals surface area contributed by atoms with Gasteiger partial charge in [0.15, 0.2) is 0 Å². The zero-order valence-electron chi connectivity index (χ0n) is 9.56. The topological polar surface area (TPSA) is 47.0 Å². The van der Waals surface area contributed by atoms with E-state index in [1.165, 1.54) is 0 Å². The van der Waals surface area contributed by atoms with Gasteiger partial charge in [0.25, 0.3) is 0 Å². The van der Waals surface area contributed by atoms with Crippen molar-refractivity contribution in [1.82, 2.24) is 9.97 Å². The Morgan fingerprint density at radius 1 is 1.35 bits per heavy atom. The number of nitrogens with one attached hydrogen (secondary N) is 1. The van der Waals surface area contributed by atoms with Crippen LogP contribution >= 0.6 is 11.3 Å². The van der Waals surface area contributed by atoms with Crippen molar-refractivity contribution in [3.05, 3.63) is 17.8 Å². The summed E-state index contributed by atoms with van der Waals surface area (Å²) >= 11 is 1.65. The second-order valence-electron chi connectivity index (χ2n) is 4.30. The lowest BCUT2D eigenvalue weighted by Crippen LogP contribution is -2.22. The standard InChI is InChI=1S/C12H15N3OS/c1-4-16-5-2-9(1)7-13-11-10-3-6-17-12(10)15-8-14-11/h3,6,8-9H,1-2,4-5,7H2,(H,13,14,15). The summed E-state index contributed by atoms with van der Waals surface area (Å²) in [5.41, 5.74) is 0. The van der Waals surface area contributed by atoms with Crippen LogP contribution in [0.4, 0.5) is 5.82 Å². The average molecular weight is 249 g/mol. The Bertz CT molecular complexity index is 493. The maximum absolute atomic E-state index is 5.36. The van der Waals surface area contributed by atoms with Crippen LogP contribution in [0.2, 0.25) is 0 Å². The molecule has 0 spiro atoms. The molecule has 2 aromatic heterocycles.